The zero-order valence-electron chi connectivity index (χ0n) is 10.2. The number of rotatable bonds is 4. The van der Waals surface area contributed by atoms with Gasteiger partial charge in [0.1, 0.15) is 5.75 Å². The second kappa shape index (κ2) is 4.71. The lowest BCUT2D eigenvalue weighted by atomic mass is 10.2. The monoisotopic (exact) mass is 254 g/mol. The Kier molecular flexibility index (Phi) is 3.28. The molecule has 1 aromatic carbocycles. The number of benzene rings is 1. The van der Waals surface area contributed by atoms with Gasteiger partial charge in [0.25, 0.3) is 0 Å². The molecule has 5 heteroatoms. The summed E-state index contributed by atoms with van der Waals surface area (Å²) in [6, 6.07) is 1.92. The predicted octanol–water partition coefficient (Wildman–Crippen LogP) is 2.94. The molecule has 2 aromatic rings. The molecule has 17 heavy (non-hydrogen) atoms. The third-order valence-corrected chi connectivity index (χ3v) is 3.46. The molecule has 0 radical (unpaired) electrons. The van der Waals surface area contributed by atoms with Gasteiger partial charge in [-0.05, 0) is 0 Å². The molecule has 0 N–H and O–H groups in total. The van der Waals surface area contributed by atoms with Crippen LogP contribution in [0.25, 0.3) is 10.1 Å². The fourth-order valence-corrected chi connectivity index (χ4v) is 2.72. The van der Waals surface area contributed by atoms with Crippen LogP contribution < -0.4 is 18.9 Å². The van der Waals surface area contributed by atoms with Crippen molar-refractivity contribution in [3.63, 3.8) is 0 Å². The summed E-state index contributed by atoms with van der Waals surface area (Å²) in [5.74, 6) is 2.66. The first-order valence-electron chi connectivity index (χ1n) is 5.01. The lowest BCUT2D eigenvalue weighted by Gasteiger charge is -2.13. The average molecular weight is 254 g/mol. The molecule has 0 amide bonds. The Morgan fingerprint density at radius 2 is 1.47 bits per heavy atom. The number of ether oxygens (including phenoxy) is 4. The molecule has 0 aliphatic rings. The van der Waals surface area contributed by atoms with Crippen molar-refractivity contribution in [1.82, 2.24) is 0 Å². The molecule has 0 bridgehead atoms. The van der Waals surface area contributed by atoms with Crippen LogP contribution in [0.4, 0.5) is 0 Å². The normalized spacial score (nSPS) is 10.4. The molecule has 0 atom stereocenters. The van der Waals surface area contributed by atoms with Crippen LogP contribution in [0.1, 0.15) is 0 Å². The molecule has 0 saturated heterocycles. The summed E-state index contributed by atoms with van der Waals surface area (Å²) in [5.41, 5.74) is 0. The van der Waals surface area contributed by atoms with E-state index in [4.69, 9.17) is 18.9 Å². The fraction of sp³-hybridized carbons (Fsp3) is 0.333. The zero-order chi connectivity index (χ0) is 12.4. The highest BCUT2D eigenvalue weighted by Gasteiger charge is 2.20. The number of methoxy groups -OCH3 is 4. The highest BCUT2D eigenvalue weighted by atomic mass is 32.1. The zero-order valence-corrected chi connectivity index (χ0v) is 11.0. The molecule has 0 unspecified atom stereocenters. The number of hydrogen-bond acceptors (Lipinski definition) is 5. The quantitative estimate of drug-likeness (QED) is 0.840. The largest absolute Gasteiger partial charge is 0.495 e. The van der Waals surface area contributed by atoms with Crippen LogP contribution in [0.3, 0.4) is 0 Å². The number of thiophene rings is 1. The molecule has 0 fully saturated rings. The van der Waals surface area contributed by atoms with Gasteiger partial charge >= 0.3 is 0 Å². The summed E-state index contributed by atoms with van der Waals surface area (Å²) in [5, 5.41) is 2.85. The first-order valence-corrected chi connectivity index (χ1v) is 5.88. The molecule has 2 rings (SSSR count). The molecule has 0 saturated carbocycles. The highest BCUT2D eigenvalue weighted by molar-refractivity contribution is 7.17. The Morgan fingerprint density at radius 3 is 2.00 bits per heavy atom. The van der Waals surface area contributed by atoms with E-state index in [0.29, 0.717) is 17.2 Å². The Bertz CT molecular complexity index is 533. The molecule has 1 aromatic heterocycles. The molecular formula is C12H14O4S. The third-order valence-electron chi connectivity index (χ3n) is 2.55. The van der Waals surface area contributed by atoms with E-state index in [-0.39, 0.29) is 0 Å². The van der Waals surface area contributed by atoms with Gasteiger partial charge in [0.05, 0.1) is 33.8 Å². The van der Waals surface area contributed by atoms with Crippen molar-refractivity contribution in [1.29, 1.82) is 0 Å². The van der Waals surface area contributed by atoms with Gasteiger partial charge in [-0.25, -0.2) is 0 Å². The lowest BCUT2D eigenvalue weighted by Crippen LogP contribution is -1.95. The summed E-state index contributed by atoms with van der Waals surface area (Å²) in [6.07, 6.45) is 0. The first-order chi connectivity index (χ1) is 8.26. The second-order valence-corrected chi connectivity index (χ2v) is 4.23. The molecular weight excluding hydrogens is 240 g/mol. The Balaban J connectivity index is 2.82. The summed E-state index contributed by atoms with van der Waals surface area (Å²) in [6.45, 7) is 0. The maximum Gasteiger partial charge on any atom is 0.204 e. The highest BCUT2D eigenvalue weighted by Crippen LogP contribution is 2.49. The van der Waals surface area contributed by atoms with Gasteiger partial charge < -0.3 is 18.9 Å². The number of hydrogen-bond donors (Lipinski definition) is 0. The summed E-state index contributed by atoms with van der Waals surface area (Å²) in [7, 11) is 6.44. The standard InChI is InChI=1S/C12H14O4S/c1-13-7-5-9-10(8(14-2)6-17-9)12(16-4)11(7)15-3/h5-6H,1-4H3. The molecule has 0 aliphatic heterocycles. The summed E-state index contributed by atoms with van der Waals surface area (Å²) in [4.78, 5) is 0. The molecule has 0 spiro atoms. The maximum atomic E-state index is 5.41. The van der Waals surface area contributed by atoms with E-state index in [1.165, 1.54) is 0 Å². The molecule has 4 nitrogen and oxygen atoms in total. The van der Waals surface area contributed by atoms with Crippen molar-refractivity contribution >= 4 is 21.4 Å². The van der Waals surface area contributed by atoms with Crippen LogP contribution in [0.2, 0.25) is 0 Å². The Morgan fingerprint density at radius 1 is 0.824 bits per heavy atom. The SMILES string of the molecule is COc1cc2scc(OC)c2c(OC)c1OC. The fourth-order valence-electron chi connectivity index (χ4n) is 1.79. The van der Waals surface area contributed by atoms with Crippen molar-refractivity contribution in [3.8, 4) is 23.0 Å². The minimum absolute atomic E-state index is 0.583. The van der Waals surface area contributed by atoms with Gasteiger partial charge in [-0.15, -0.1) is 11.3 Å². The minimum Gasteiger partial charge on any atom is -0.495 e. The van der Waals surface area contributed by atoms with Crippen molar-refractivity contribution in [2.45, 2.75) is 0 Å². The lowest BCUT2D eigenvalue weighted by molar-refractivity contribution is 0.326. The average Bonchev–Trinajstić information content (AvgIpc) is 2.78. The minimum atomic E-state index is 0.583. The van der Waals surface area contributed by atoms with Crippen LogP contribution in [-0.2, 0) is 0 Å². The van der Waals surface area contributed by atoms with E-state index in [1.54, 1.807) is 39.8 Å². The first kappa shape index (κ1) is 11.9. The van der Waals surface area contributed by atoms with E-state index < -0.39 is 0 Å². The molecule has 1 heterocycles. The van der Waals surface area contributed by atoms with Crippen LogP contribution in [-0.4, -0.2) is 28.4 Å². The van der Waals surface area contributed by atoms with Crippen LogP contribution in [0.5, 0.6) is 23.0 Å². The second-order valence-electron chi connectivity index (χ2n) is 3.32. The van der Waals surface area contributed by atoms with Gasteiger partial charge in [0.2, 0.25) is 5.75 Å². The van der Waals surface area contributed by atoms with Crippen molar-refractivity contribution in [3.05, 3.63) is 11.4 Å². The maximum absolute atomic E-state index is 5.41. The van der Waals surface area contributed by atoms with E-state index in [2.05, 4.69) is 0 Å². The van der Waals surface area contributed by atoms with Crippen LogP contribution >= 0.6 is 11.3 Å². The third kappa shape index (κ3) is 1.76. The van der Waals surface area contributed by atoms with Crippen LogP contribution in [0, 0.1) is 0 Å². The van der Waals surface area contributed by atoms with Gasteiger partial charge in [-0.3, -0.25) is 0 Å². The van der Waals surface area contributed by atoms with Crippen LogP contribution in [0.15, 0.2) is 11.4 Å². The van der Waals surface area contributed by atoms with E-state index >= 15 is 0 Å². The van der Waals surface area contributed by atoms with Crippen molar-refractivity contribution in [2.75, 3.05) is 28.4 Å². The Hall–Kier alpha value is -1.62. The van der Waals surface area contributed by atoms with E-state index in [9.17, 15) is 0 Å². The van der Waals surface area contributed by atoms with E-state index in [1.807, 2.05) is 11.4 Å². The smallest absolute Gasteiger partial charge is 0.204 e. The molecule has 0 aliphatic carbocycles. The van der Waals surface area contributed by atoms with Gasteiger partial charge in [-0.1, -0.05) is 0 Å². The summed E-state index contributed by atoms with van der Waals surface area (Å²) < 4.78 is 22.4. The predicted molar refractivity (Wildman–Crippen MR) is 68.0 cm³/mol. The van der Waals surface area contributed by atoms with Gasteiger partial charge in [-0.2, -0.15) is 0 Å². The molecule has 92 valence electrons. The Labute approximate surface area is 104 Å². The topological polar surface area (TPSA) is 36.9 Å². The summed E-state index contributed by atoms with van der Waals surface area (Å²) >= 11 is 1.58. The number of fused-ring (bicyclic) bond motifs is 1. The van der Waals surface area contributed by atoms with Crippen molar-refractivity contribution in [2.24, 2.45) is 0 Å². The van der Waals surface area contributed by atoms with Gasteiger partial charge in [0.15, 0.2) is 11.5 Å². The van der Waals surface area contributed by atoms with Gasteiger partial charge in [0, 0.05) is 16.1 Å². The van der Waals surface area contributed by atoms with E-state index in [0.717, 1.165) is 15.8 Å². The van der Waals surface area contributed by atoms with Crippen molar-refractivity contribution < 1.29 is 18.9 Å².